The van der Waals surface area contributed by atoms with Crippen LogP contribution in [0.3, 0.4) is 0 Å². The minimum atomic E-state index is -4.24. The first-order valence-corrected chi connectivity index (χ1v) is 46.1. The molecular weight excluding hydrogens is 1810 g/mol. The Labute approximate surface area is 816 Å². The fourth-order valence-corrected chi connectivity index (χ4v) is 13.4. The highest BCUT2D eigenvalue weighted by Gasteiger charge is 2.32. The summed E-state index contributed by atoms with van der Waals surface area (Å²) in [5.41, 5.74) is 10.1. The van der Waals surface area contributed by atoms with E-state index in [2.05, 4.69) is 165 Å². The molecule has 0 amide bonds. The van der Waals surface area contributed by atoms with Crippen molar-refractivity contribution in [3.05, 3.63) is 286 Å². The molecule has 734 valence electrons. The van der Waals surface area contributed by atoms with Crippen molar-refractivity contribution in [1.82, 2.24) is 4.98 Å². The van der Waals surface area contributed by atoms with E-state index in [0.717, 1.165) is 114 Å². The van der Waals surface area contributed by atoms with Crippen molar-refractivity contribution in [2.24, 2.45) is 0 Å². The molecule has 12 rings (SSSR count). The Morgan fingerprint density at radius 1 is 0.338 bits per heavy atom. The van der Waals surface area contributed by atoms with Crippen LogP contribution in [0.15, 0.2) is 188 Å². The fraction of sp³-hybridized carbons (Fsp3) is 0.464. The van der Waals surface area contributed by atoms with Crippen LogP contribution in [0.25, 0.3) is 0 Å². The lowest BCUT2D eigenvalue weighted by atomic mass is 9.85. The zero-order valence-electron chi connectivity index (χ0n) is 84.4. The lowest BCUT2D eigenvalue weighted by Crippen LogP contribution is -2.14. The SMILES string of the molecule is CC(C)(C)c1cc(F)ccc1F.CC(C)(C)c1ccc(C(F)(F)F)cc1.CC(C)(C)c1ccc(Cl)cc1.CC(C)(C)c1ccc(OC(F)F)c(OC2CC2)c1.CC(C)(C)c1cccnc1.COc1cc(C(C)(C)C)cc(OC)c1OC.COc1cc(OC)c(C(C)(C)C)c(OC)c1.COc1ccc(C(C)(C)C)cc1OC1CCCC1.Cc1c(Cl)cccc1Cl.Cc1ccc(Cl)c(Cl)c1. The van der Waals surface area contributed by atoms with E-state index in [-0.39, 0.29) is 66.8 Å². The molecule has 0 radical (unpaired) electrons. The molecule has 23 heteroatoms. The Hall–Kier alpha value is -8.91. The maximum atomic E-state index is 13.1. The molecule has 10 aromatic rings. The lowest BCUT2D eigenvalue weighted by molar-refractivity contribution is -0.137. The molecule has 0 N–H and O–H groups in total. The normalized spacial score (nSPS) is 12.7. The Balaban J connectivity index is 0.000000384. The van der Waals surface area contributed by atoms with E-state index >= 15 is 0 Å². The summed E-state index contributed by atoms with van der Waals surface area (Å²) >= 11 is 28.6. The van der Waals surface area contributed by atoms with Gasteiger partial charge in [0.15, 0.2) is 34.5 Å². The number of aromatic nitrogens is 1. The number of aryl methyl sites for hydroxylation is 1. The predicted molar refractivity (Wildman–Crippen MR) is 540 cm³/mol. The topological polar surface area (TPSA) is 105 Å². The number of pyridine rings is 1. The fourth-order valence-electron chi connectivity index (χ4n) is 12.5. The van der Waals surface area contributed by atoms with Gasteiger partial charge in [0, 0.05) is 45.2 Å². The number of ether oxygens (including phenoxy) is 10. The summed E-state index contributed by atoms with van der Waals surface area (Å²) in [6, 6.07) is 51.1. The van der Waals surface area contributed by atoms with E-state index in [1.165, 1.54) is 60.6 Å². The van der Waals surface area contributed by atoms with Gasteiger partial charge in [0.2, 0.25) is 5.75 Å². The minimum absolute atomic E-state index is 0.0387. The van der Waals surface area contributed by atoms with Crippen LogP contribution in [0.2, 0.25) is 25.1 Å². The highest BCUT2D eigenvalue weighted by Crippen LogP contribution is 2.45. The maximum absolute atomic E-state index is 13.1. The van der Waals surface area contributed by atoms with Gasteiger partial charge in [-0.25, -0.2) is 8.78 Å². The average Bonchev–Trinajstić information content (AvgIpc) is 1.67. The lowest BCUT2D eigenvalue weighted by Gasteiger charge is -2.25. The van der Waals surface area contributed by atoms with Gasteiger partial charge in [-0.15, -0.1) is 0 Å². The van der Waals surface area contributed by atoms with E-state index in [0.29, 0.717) is 44.7 Å². The van der Waals surface area contributed by atoms with Crippen molar-refractivity contribution in [2.45, 2.75) is 287 Å². The molecule has 0 bridgehead atoms. The largest absolute Gasteiger partial charge is 0.496 e. The number of rotatable bonds is 13. The molecule has 133 heavy (non-hydrogen) atoms. The number of nitrogens with zero attached hydrogens (tertiary/aromatic N) is 1. The average molecular weight is 1950 g/mol. The first kappa shape index (κ1) is 118. The standard InChI is InChI=1S/C16H24O2.C14H18F2O2.2C13H20O3.C11H13F3.C10H13Cl.C10H12F2.C9H13N.2C7H6Cl2/c1-16(2,3)12-9-10-14(17-4)15(11-12)18-13-7-5-6-8-13;1-14(2,3)9-4-7-11(18-13(15)16)12(8-9)17-10-5-6-10;1-13(2,3)12-10(15-5)7-9(14-4)8-11(12)16-6;1-13(2,3)9-7-10(14-4)12(16-6)11(8-9)15-5;1-10(2,3)8-4-6-9(7-5-8)11(12,13)14;1-10(2,3)8-4-6-9(11)7-5-8;1-10(2,3)8-6-7(11)4-5-9(8)12;1-9(2,3)8-5-4-6-10-7-8;1-5-2-3-6(8)7(9)4-5;1-5-6(8)3-2-4-7(5)9/h9-11,13H,5-8H2,1-4H3;4,7-8,10,13H,5-6H2,1-3H3;2*7-8H,1-6H3;4-7H,1-3H3;4-7H,1-3H3;4-6H,1-3H3;4-7H,1-3H3;2*2-4H,1H3. The molecule has 1 aromatic heterocycles. The molecule has 9 aromatic carbocycles. The first-order valence-electron chi connectivity index (χ1n) is 44.2. The number of hydrogen-bond donors (Lipinski definition) is 0. The summed E-state index contributed by atoms with van der Waals surface area (Å²) in [6.07, 6.45) is 6.87. The molecule has 2 aliphatic rings. The van der Waals surface area contributed by atoms with Crippen LogP contribution in [0, 0.1) is 25.5 Å². The van der Waals surface area contributed by atoms with E-state index in [4.69, 9.17) is 101 Å². The zero-order valence-corrected chi connectivity index (χ0v) is 88.2. The molecular formula is C110H145Cl5F7NO10. The van der Waals surface area contributed by atoms with Crippen LogP contribution in [-0.4, -0.2) is 73.6 Å². The molecule has 0 aliphatic heterocycles. The molecule has 2 aliphatic carbocycles. The summed E-state index contributed by atoms with van der Waals surface area (Å²) in [5.74, 6) is 5.91. The molecule has 1 heterocycles. The molecule has 2 saturated carbocycles. The summed E-state index contributed by atoms with van der Waals surface area (Å²) < 4.78 is 141. The highest BCUT2D eigenvalue weighted by molar-refractivity contribution is 6.42. The number of halogens is 12. The van der Waals surface area contributed by atoms with Gasteiger partial charge >= 0.3 is 12.8 Å². The van der Waals surface area contributed by atoms with Gasteiger partial charge in [-0.1, -0.05) is 279 Å². The van der Waals surface area contributed by atoms with Crippen LogP contribution >= 0.6 is 58.0 Å². The zero-order chi connectivity index (χ0) is 101. The summed E-state index contributed by atoms with van der Waals surface area (Å²) in [4.78, 5) is 4.05. The Morgan fingerprint density at radius 3 is 1.08 bits per heavy atom. The minimum Gasteiger partial charge on any atom is -0.496 e. The van der Waals surface area contributed by atoms with Gasteiger partial charge in [0.25, 0.3) is 0 Å². The van der Waals surface area contributed by atoms with Crippen LogP contribution in [-0.2, 0) is 49.5 Å². The monoisotopic (exact) mass is 1950 g/mol. The van der Waals surface area contributed by atoms with Gasteiger partial charge in [0.1, 0.15) is 28.9 Å². The second-order valence-electron chi connectivity index (χ2n) is 40.3. The van der Waals surface area contributed by atoms with Gasteiger partial charge in [-0.2, -0.15) is 22.0 Å². The van der Waals surface area contributed by atoms with Crippen molar-refractivity contribution < 1.29 is 78.1 Å². The Morgan fingerprint density at radius 2 is 0.744 bits per heavy atom. The number of methoxy groups -OCH3 is 7. The predicted octanol–water partition coefficient (Wildman–Crippen LogP) is 34.3. The third-order valence-corrected chi connectivity index (χ3v) is 22.6. The van der Waals surface area contributed by atoms with E-state index < -0.39 is 18.4 Å². The number of benzene rings is 9. The van der Waals surface area contributed by atoms with Crippen LogP contribution in [0.4, 0.5) is 30.7 Å². The van der Waals surface area contributed by atoms with E-state index in [9.17, 15) is 30.7 Å². The van der Waals surface area contributed by atoms with Crippen molar-refractivity contribution in [3.8, 4) is 57.5 Å². The molecule has 0 spiro atoms. The van der Waals surface area contributed by atoms with Gasteiger partial charge < -0.3 is 47.4 Å². The van der Waals surface area contributed by atoms with Gasteiger partial charge in [-0.3, -0.25) is 4.98 Å². The van der Waals surface area contributed by atoms with Gasteiger partial charge in [0.05, 0.1) is 77.6 Å². The van der Waals surface area contributed by atoms with Crippen molar-refractivity contribution >= 4 is 58.0 Å². The van der Waals surface area contributed by atoms with Crippen molar-refractivity contribution in [1.29, 1.82) is 0 Å². The van der Waals surface area contributed by atoms with Crippen LogP contribution in [0.1, 0.15) is 266 Å². The van der Waals surface area contributed by atoms with Crippen molar-refractivity contribution in [3.63, 3.8) is 0 Å². The third-order valence-electron chi connectivity index (χ3n) is 20.8. The molecule has 0 atom stereocenters. The Kier molecular flexibility index (Phi) is 47.1. The quantitative estimate of drug-likeness (QED) is 0.103. The summed E-state index contributed by atoms with van der Waals surface area (Å²) in [6.45, 7) is 51.3. The first-order chi connectivity index (χ1) is 61.4. The Bertz CT molecular complexity index is 5040. The second kappa shape index (κ2) is 53.0. The van der Waals surface area contributed by atoms with Crippen LogP contribution in [0.5, 0.6) is 57.5 Å². The van der Waals surface area contributed by atoms with E-state index in [1.807, 2.05) is 140 Å². The summed E-state index contributed by atoms with van der Waals surface area (Å²) in [7, 11) is 11.5. The van der Waals surface area contributed by atoms with Gasteiger partial charge in [-0.05, 0) is 255 Å². The molecule has 0 unspecified atom stereocenters. The smallest absolute Gasteiger partial charge is 0.416 e. The van der Waals surface area contributed by atoms with Crippen LogP contribution < -0.4 is 47.4 Å². The van der Waals surface area contributed by atoms with E-state index in [1.54, 1.807) is 80.2 Å². The number of alkyl halides is 5. The maximum Gasteiger partial charge on any atom is 0.416 e. The third kappa shape index (κ3) is 42.1. The second-order valence-corrected chi connectivity index (χ2v) is 42.3. The molecule has 0 saturated heterocycles. The number of hydrogen-bond acceptors (Lipinski definition) is 11. The summed E-state index contributed by atoms with van der Waals surface area (Å²) in [5, 5.41) is 3.49. The highest BCUT2D eigenvalue weighted by atomic mass is 35.5. The molecule has 2 fully saturated rings. The van der Waals surface area contributed by atoms with Crippen molar-refractivity contribution in [2.75, 3.05) is 49.8 Å². The molecule has 11 nitrogen and oxygen atoms in total.